The van der Waals surface area contributed by atoms with Crippen molar-refractivity contribution in [1.29, 1.82) is 0 Å². The summed E-state index contributed by atoms with van der Waals surface area (Å²) < 4.78 is 0. The van der Waals surface area contributed by atoms with Crippen molar-refractivity contribution in [3.8, 4) is 0 Å². The Hall–Kier alpha value is -0.440. The summed E-state index contributed by atoms with van der Waals surface area (Å²) in [5.41, 5.74) is 0. The smallest absolute Gasteiger partial charge is 0.0541 e. The van der Waals surface area contributed by atoms with E-state index in [0.29, 0.717) is 6.04 Å². The van der Waals surface area contributed by atoms with Gasteiger partial charge in [-0.15, -0.1) is 18.3 Å². The fourth-order valence-corrected chi connectivity index (χ4v) is 3.01. The summed E-state index contributed by atoms with van der Waals surface area (Å²) in [6.07, 6.45) is 5.35. The molecule has 0 saturated heterocycles. The zero-order valence-electron chi connectivity index (χ0n) is 11.0. The van der Waals surface area contributed by atoms with Gasteiger partial charge in [-0.1, -0.05) is 36.7 Å². The Balaban J connectivity index is 2.44. The SMILES string of the molecule is C=CCCC(CSc1ccccc1Cl)NCCC. The standard InChI is InChI=1S/C15H22ClNS/c1-3-5-8-13(17-11-4-2)12-18-15-10-7-6-9-14(15)16/h3,6-7,9-10,13,17H,1,4-5,8,11-12H2,2H3. The lowest BCUT2D eigenvalue weighted by atomic mass is 10.2. The van der Waals surface area contributed by atoms with E-state index in [-0.39, 0.29) is 0 Å². The van der Waals surface area contributed by atoms with Crippen molar-refractivity contribution in [3.05, 3.63) is 41.9 Å². The Morgan fingerprint density at radius 1 is 1.44 bits per heavy atom. The molecule has 0 aromatic heterocycles. The molecule has 18 heavy (non-hydrogen) atoms. The number of hydrogen-bond acceptors (Lipinski definition) is 2. The minimum absolute atomic E-state index is 0.532. The molecular formula is C15H22ClNS. The number of thioether (sulfide) groups is 1. The highest BCUT2D eigenvalue weighted by Gasteiger charge is 2.08. The molecule has 0 aliphatic rings. The van der Waals surface area contributed by atoms with Gasteiger partial charge in [0.05, 0.1) is 5.02 Å². The van der Waals surface area contributed by atoms with Gasteiger partial charge < -0.3 is 5.32 Å². The maximum absolute atomic E-state index is 6.16. The molecule has 1 atom stereocenters. The summed E-state index contributed by atoms with van der Waals surface area (Å²) >= 11 is 7.99. The molecule has 1 unspecified atom stereocenters. The molecule has 0 bridgehead atoms. The van der Waals surface area contributed by atoms with E-state index in [2.05, 4.69) is 24.9 Å². The molecule has 1 aromatic rings. The van der Waals surface area contributed by atoms with Crippen molar-refractivity contribution in [2.24, 2.45) is 0 Å². The molecule has 1 N–H and O–H groups in total. The lowest BCUT2D eigenvalue weighted by molar-refractivity contribution is 0.524. The van der Waals surface area contributed by atoms with Crippen LogP contribution < -0.4 is 5.32 Å². The molecule has 0 spiro atoms. The second kappa shape index (κ2) is 9.48. The topological polar surface area (TPSA) is 12.0 Å². The second-order valence-corrected chi connectivity index (χ2v) is 5.73. The number of hydrogen-bond donors (Lipinski definition) is 1. The van der Waals surface area contributed by atoms with E-state index in [1.807, 2.05) is 36.0 Å². The van der Waals surface area contributed by atoms with Crippen LogP contribution in [0.4, 0.5) is 0 Å². The first kappa shape index (κ1) is 15.6. The summed E-state index contributed by atoms with van der Waals surface area (Å²) in [5.74, 6) is 1.05. The third-order valence-corrected chi connectivity index (χ3v) is 4.36. The van der Waals surface area contributed by atoms with Crippen LogP contribution in [0.25, 0.3) is 0 Å². The van der Waals surface area contributed by atoms with Crippen LogP contribution >= 0.6 is 23.4 Å². The van der Waals surface area contributed by atoms with Gasteiger partial charge in [0.25, 0.3) is 0 Å². The molecule has 1 rings (SSSR count). The Labute approximate surface area is 120 Å². The Morgan fingerprint density at radius 3 is 2.89 bits per heavy atom. The van der Waals surface area contributed by atoms with Crippen LogP contribution in [0, 0.1) is 0 Å². The van der Waals surface area contributed by atoms with Crippen LogP contribution in [0.5, 0.6) is 0 Å². The predicted octanol–water partition coefficient (Wildman–Crippen LogP) is 4.77. The van der Waals surface area contributed by atoms with Gasteiger partial charge in [-0.05, 0) is 37.9 Å². The lowest BCUT2D eigenvalue weighted by Crippen LogP contribution is -2.31. The van der Waals surface area contributed by atoms with Crippen molar-refractivity contribution in [1.82, 2.24) is 5.32 Å². The third kappa shape index (κ3) is 5.94. The molecule has 1 aromatic carbocycles. The largest absolute Gasteiger partial charge is 0.313 e. The quantitative estimate of drug-likeness (QED) is 0.518. The van der Waals surface area contributed by atoms with Crippen LogP contribution in [-0.2, 0) is 0 Å². The van der Waals surface area contributed by atoms with Crippen molar-refractivity contribution < 1.29 is 0 Å². The first-order chi connectivity index (χ1) is 8.77. The maximum Gasteiger partial charge on any atom is 0.0541 e. The van der Waals surface area contributed by atoms with Gasteiger partial charge in [-0.3, -0.25) is 0 Å². The molecule has 0 fully saturated rings. The zero-order valence-corrected chi connectivity index (χ0v) is 12.6. The molecule has 0 heterocycles. The van der Waals surface area contributed by atoms with E-state index in [9.17, 15) is 0 Å². The van der Waals surface area contributed by atoms with Crippen LogP contribution in [0.1, 0.15) is 26.2 Å². The minimum Gasteiger partial charge on any atom is -0.313 e. The van der Waals surface area contributed by atoms with E-state index >= 15 is 0 Å². The Bertz CT molecular complexity index is 354. The molecule has 3 heteroatoms. The van der Waals surface area contributed by atoms with Crippen molar-refractivity contribution >= 4 is 23.4 Å². The normalized spacial score (nSPS) is 12.3. The molecule has 0 aliphatic carbocycles. The zero-order chi connectivity index (χ0) is 13.2. The molecule has 0 amide bonds. The number of benzene rings is 1. The number of allylic oxidation sites excluding steroid dienone is 1. The summed E-state index contributed by atoms with van der Waals surface area (Å²) in [4.78, 5) is 1.17. The highest BCUT2D eigenvalue weighted by atomic mass is 35.5. The molecule has 100 valence electrons. The Kier molecular flexibility index (Phi) is 8.23. The highest BCUT2D eigenvalue weighted by molar-refractivity contribution is 7.99. The van der Waals surface area contributed by atoms with Gasteiger partial charge in [0, 0.05) is 16.7 Å². The lowest BCUT2D eigenvalue weighted by Gasteiger charge is -2.17. The monoisotopic (exact) mass is 283 g/mol. The molecule has 0 radical (unpaired) electrons. The van der Waals surface area contributed by atoms with E-state index in [1.54, 1.807) is 0 Å². The van der Waals surface area contributed by atoms with Crippen molar-refractivity contribution in [2.75, 3.05) is 12.3 Å². The van der Waals surface area contributed by atoms with E-state index in [0.717, 1.165) is 30.2 Å². The summed E-state index contributed by atoms with van der Waals surface area (Å²) in [7, 11) is 0. The summed E-state index contributed by atoms with van der Waals surface area (Å²) in [6.45, 7) is 7.06. The minimum atomic E-state index is 0.532. The fourth-order valence-electron chi connectivity index (χ4n) is 1.66. The fraction of sp³-hybridized carbons (Fsp3) is 0.467. The van der Waals surface area contributed by atoms with Gasteiger partial charge in [0.1, 0.15) is 0 Å². The van der Waals surface area contributed by atoms with Crippen molar-refractivity contribution in [2.45, 2.75) is 37.1 Å². The van der Waals surface area contributed by atoms with E-state index in [1.165, 1.54) is 11.3 Å². The number of halogens is 1. The van der Waals surface area contributed by atoms with Gasteiger partial charge in [-0.25, -0.2) is 0 Å². The summed E-state index contributed by atoms with van der Waals surface area (Å²) in [6, 6.07) is 8.56. The average Bonchev–Trinajstić information content (AvgIpc) is 2.39. The van der Waals surface area contributed by atoms with Crippen LogP contribution in [0.3, 0.4) is 0 Å². The van der Waals surface area contributed by atoms with Gasteiger partial charge in [-0.2, -0.15) is 0 Å². The molecule has 0 saturated carbocycles. The van der Waals surface area contributed by atoms with E-state index in [4.69, 9.17) is 11.6 Å². The molecule has 0 aliphatic heterocycles. The van der Waals surface area contributed by atoms with Gasteiger partial charge in [0.15, 0.2) is 0 Å². The van der Waals surface area contributed by atoms with Gasteiger partial charge in [0.2, 0.25) is 0 Å². The molecule has 1 nitrogen and oxygen atoms in total. The average molecular weight is 284 g/mol. The Morgan fingerprint density at radius 2 is 2.22 bits per heavy atom. The van der Waals surface area contributed by atoms with E-state index < -0.39 is 0 Å². The van der Waals surface area contributed by atoms with Gasteiger partial charge >= 0.3 is 0 Å². The first-order valence-corrected chi connectivity index (χ1v) is 7.86. The maximum atomic E-state index is 6.16. The summed E-state index contributed by atoms with van der Waals surface area (Å²) in [5, 5.41) is 4.43. The second-order valence-electron chi connectivity index (χ2n) is 4.26. The number of nitrogens with one attached hydrogen (secondary N) is 1. The third-order valence-electron chi connectivity index (χ3n) is 2.68. The highest BCUT2D eigenvalue weighted by Crippen LogP contribution is 2.27. The first-order valence-electron chi connectivity index (χ1n) is 6.49. The molecular weight excluding hydrogens is 262 g/mol. The van der Waals surface area contributed by atoms with Crippen LogP contribution in [0.2, 0.25) is 5.02 Å². The number of rotatable bonds is 9. The predicted molar refractivity (Wildman–Crippen MR) is 83.7 cm³/mol. The van der Waals surface area contributed by atoms with Crippen molar-refractivity contribution in [3.63, 3.8) is 0 Å². The van der Waals surface area contributed by atoms with Crippen LogP contribution in [-0.4, -0.2) is 18.3 Å². The van der Waals surface area contributed by atoms with Crippen LogP contribution in [0.15, 0.2) is 41.8 Å².